The number of nitrogens with one attached hydrogen (secondary N) is 1. The molecule has 5 nitrogen and oxygen atoms in total. The van der Waals surface area contributed by atoms with Gasteiger partial charge in [-0.15, -0.1) is 0 Å². The van der Waals surface area contributed by atoms with Crippen LogP contribution >= 0.6 is 11.6 Å². The number of hydrogen-bond acceptors (Lipinski definition) is 4. The number of allylic oxidation sites excluding steroid dienone is 1. The van der Waals surface area contributed by atoms with Crippen molar-refractivity contribution in [2.24, 2.45) is 4.99 Å². The van der Waals surface area contributed by atoms with Crippen LogP contribution in [0.3, 0.4) is 0 Å². The van der Waals surface area contributed by atoms with Crippen molar-refractivity contribution in [3.05, 3.63) is 87.6 Å². The van der Waals surface area contributed by atoms with Crippen LogP contribution in [0.2, 0.25) is 5.02 Å². The molecule has 0 amide bonds. The van der Waals surface area contributed by atoms with Gasteiger partial charge in [-0.1, -0.05) is 41.9 Å². The van der Waals surface area contributed by atoms with Gasteiger partial charge >= 0.3 is 0 Å². The number of para-hydroxylation sites is 1. The molecule has 4 rings (SSSR count). The minimum atomic E-state index is -0.124. The monoisotopic (exact) mass is 406 g/mol. The highest BCUT2D eigenvalue weighted by Crippen LogP contribution is 2.25. The number of aliphatic imine (C=N–C) groups is 1. The average molecular weight is 407 g/mol. The second-order valence-corrected chi connectivity index (χ2v) is 7.47. The van der Waals surface area contributed by atoms with Gasteiger partial charge in [-0.05, 0) is 43.5 Å². The molecule has 2 heterocycles. The van der Waals surface area contributed by atoms with Gasteiger partial charge in [0.05, 0.1) is 22.1 Å². The Labute approximate surface area is 174 Å². The lowest BCUT2D eigenvalue weighted by Crippen LogP contribution is -2.31. The Kier molecular flexibility index (Phi) is 5.41. The summed E-state index contributed by atoms with van der Waals surface area (Å²) < 4.78 is 1.74. The first-order valence-corrected chi connectivity index (χ1v) is 10.1. The van der Waals surface area contributed by atoms with Crippen molar-refractivity contribution in [2.75, 3.05) is 13.2 Å². The van der Waals surface area contributed by atoms with Crippen LogP contribution in [-0.4, -0.2) is 28.9 Å². The van der Waals surface area contributed by atoms with Crippen molar-refractivity contribution in [3.8, 4) is 5.69 Å². The van der Waals surface area contributed by atoms with Crippen LogP contribution in [0.5, 0.6) is 0 Å². The summed E-state index contributed by atoms with van der Waals surface area (Å²) in [6.07, 6.45) is 3.90. The molecule has 0 bridgehead atoms. The minimum Gasteiger partial charge on any atom is -0.375 e. The van der Waals surface area contributed by atoms with Gasteiger partial charge in [0.15, 0.2) is 0 Å². The highest BCUT2D eigenvalue weighted by atomic mass is 35.5. The lowest BCUT2D eigenvalue weighted by molar-refractivity contribution is 0.399. The third kappa shape index (κ3) is 3.78. The number of hydrogen-bond donors (Lipinski definition) is 1. The van der Waals surface area contributed by atoms with E-state index in [-0.39, 0.29) is 11.6 Å². The SMILES string of the molecule is CCN1C=C(NC(C)c2cc3cccc(Cl)c3c(=O)n2-c2ccccc2)C=NC1. The fourth-order valence-electron chi connectivity index (χ4n) is 3.61. The fourth-order valence-corrected chi connectivity index (χ4v) is 3.87. The molecule has 0 saturated heterocycles. The van der Waals surface area contributed by atoms with E-state index in [0.717, 1.165) is 29.0 Å². The molecule has 1 atom stereocenters. The summed E-state index contributed by atoms with van der Waals surface area (Å²) in [5.41, 5.74) is 2.47. The number of rotatable bonds is 5. The molecular weight excluding hydrogens is 384 g/mol. The van der Waals surface area contributed by atoms with Gasteiger partial charge in [0.1, 0.15) is 6.67 Å². The lowest BCUT2D eigenvalue weighted by atomic mass is 10.1. The molecule has 6 heteroatoms. The van der Waals surface area contributed by atoms with E-state index in [4.69, 9.17) is 11.6 Å². The highest BCUT2D eigenvalue weighted by molar-refractivity contribution is 6.35. The number of fused-ring (bicyclic) bond motifs is 1. The van der Waals surface area contributed by atoms with Gasteiger partial charge in [0.2, 0.25) is 0 Å². The number of benzene rings is 2. The molecule has 0 saturated carbocycles. The van der Waals surface area contributed by atoms with Crippen molar-refractivity contribution in [1.29, 1.82) is 0 Å². The molecule has 0 spiro atoms. The second kappa shape index (κ2) is 8.13. The zero-order valence-corrected chi connectivity index (χ0v) is 17.2. The molecular formula is C23H23ClN4O. The summed E-state index contributed by atoms with van der Waals surface area (Å²) in [5, 5.41) is 5.32. The molecule has 1 aliphatic heterocycles. The Balaban J connectivity index is 1.86. The first-order chi connectivity index (χ1) is 14.1. The molecule has 1 unspecified atom stereocenters. The fraction of sp³-hybridized carbons (Fsp3) is 0.217. The average Bonchev–Trinajstić information content (AvgIpc) is 2.74. The van der Waals surface area contributed by atoms with Crippen LogP contribution in [0.1, 0.15) is 25.6 Å². The summed E-state index contributed by atoms with van der Waals surface area (Å²) in [4.78, 5) is 20.0. The van der Waals surface area contributed by atoms with Crippen molar-refractivity contribution < 1.29 is 0 Å². The van der Waals surface area contributed by atoms with Crippen molar-refractivity contribution in [1.82, 2.24) is 14.8 Å². The van der Waals surface area contributed by atoms with Gasteiger partial charge in [0, 0.05) is 30.3 Å². The molecule has 0 radical (unpaired) electrons. The standard InChI is InChI=1S/C23H23ClN4O/c1-3-27-14-18(13-25-15-27)26-16(2)21-12-17-8-7-11-20(24)22(17)23(29)28(21)19-9-5-4-6-10-19/h4-14,16,26H,3,15H2,1-2H3. The maximum absolute atomic E-state index is 13.5. The van der Waals surface area contributed by atoms with E-state index in [0.29, 0.717) is 17.1 Å². The molecule has 0 aliphatic carbocycles. The first kappa shape index (κ1) is 19.3. The van der Waals surface area contributed by atoms with E-state index >= 15 is 0 Å². The number of aromatic nitrogens is 1. The van der Waals surface area contributed by atoms with Gasteiger partial charge in [-0.3, -0.25) is 14.4 Å². The summed E-state index contributed by atoms with van der Waals surface area (Å²) in [6, 6.07) is 17.1. The Hall–Kier alpha value is -3.05. The van der Waals surface area contributed by atoms with E-state index in [2.05, 4.69) is 28.3 Å². The number of halogens is 1. The van der Waals surface area contributed by atoms with E-state index < -0.39 is 0 Å². The van der Waals surface area contributed by atoms with Crippen LogP contribution in [-0.2, 0) is 0 Å². The van der Waals surface area contributed by atoms with Crippen LogP contribution in [0.15, 0.2) is 76.3 Å². The quantitative estimate of drug-likeness (QED) is 0.678. The molecule has 1 aliphatic rings. The van der Waals surface area contributed by atoms with E-state index in [1.54, 1.807) is 10.6 Å². The molecule has 0 fully saturated rings. The zero-order valence-electron chi connectivity index (χ0n) is 16.5. The molecule has 29 heavy (non-hydrogen) atoms. The predicted molar refractivity (Wildman–Crippen MR) is 120 cm³/mol. The third-order valence-electron chi connectivity index (χ3n) is 5.09. The Morgan fingerprint density at radius 1 is 1.17 bits per heavy atom. The maximum atomic E-state index is 13.5. The van der Waals surface area contributed by atoms with E-state index in [1.807, 2.05) is 61.7 Å². The normalized spacial score (nSPS) is 14.7. The van der Waals surface area contributed by atoms with Crippen molar-refractivity contribution >= 4 is 28.6 Å². The smallest absolute Gasteiger partial charge is 0.264 e. The topological polar surface area (TPSA) is 49.6 Å². The largest absolute Gasteiger partial charge is 0.375 e. The molecule has 148 valence electrons. The second-order valence-electron chi connectivity index (χ2n) is 7.06. The molecule has 1 N–H and O–H groups in total. The summed E-state index contributed by atoms with van der Waals surface area (Å²) >= 11 is 6.38. The Bertz CT molecular complexity index is 1150. The third-order valence-corrected chi connectivity index (χ3v) is 5.40. The van der Waals surface area contributed by atoms with Gasteiger partial charge in [-0.2, -0.15) is 0 Å². The number of nitrogens with zero attached hydrogens (tertiary/aromatic N) is 3. The van der Waals surface area contributed by atoms with Crippen LogP contribution in [0, 0.1) is 0 Å². The van der Waals surface area contributed by atoms with Gasteiger partial charge in [-0.25, -0.2) is 0 Å². The zero-order chi connectivity index (χ0) is 20.4. The summed E-state index contributed by atoms with van der Waals surface area (Å²) in [7, 11) is 0. The van der Waals surface area contributed by atoms with E-state index in [9.17, 15) is 4.79 Å². The Morgan fingerprint density at radius 3 is 2.72 bits per heavy atom. The van der Waals surface area contributed by atoms with Gasteiger partial charge in [0.25, 0.3) is 5.56 Å². The minimum absolute atomic E-state index is 0.121. The van der Waals surface area contributed by atoms with Crippen LogP contribution in [0.25, 0.3) is 16.5 Å². The van der Waals surface area contributed by atoms with Crippen molar-refractivity contribution in [3.63, 3.8) is 0 Å². The van der Waals surface area contributed by atoms with Crippen LogP contribution < -0.4 is 10.9 Å². The highest BCUT2D eigenvalue weighted by Gasteiger charge is 2.18. The van der Waals surface area contributed by atoms with Crippen LogP contribution in [0.4, 0.5) is 0 Å². The molecule has 1 aromatic heterocycles. The summed E-state index contributed by atoms with van der Waals surface area (Å²) in [5.74, 6) is 0. The van der Waals surface area contributed by atoms with E-state index in [1.165, 1.54) is 0 Å². The first-order valence-electron chi connectivity index (χ1n) is 9.70. The molecule has 3 aromatic rings. The predicted octanol–water partition coefficient (Wildman–Crippen LogP) is 4.50. The summed E-state index contributed by atoms with van der Waals surface area (Å²) in [6.45, 7) is 5.70. The van der Waals surface area contributed by atoms with Gasteiger partial charge < -0.3 is 10.2 Å². The maximum Gasteiger partial charge on any atom is 0.264 e. The molecule has 2 aromatic carbocycles. The Morgan fingerprint density at radius 2 is 1.97 bits per heavy atom. The van der Waals surface area contributed by atoms with Crippen molar-refractivity contribution in [2.45, 2.75) is 19.9 Å². The lowest BCUT2D eigenvalue weighted by Gasteiger charge is -2.25. The number of pyridine rings is 1.